The highest BCUT2D eigenvalue weighted by atomic mass is 32.2. The Balaban J connectivity index is 1.72. The van der Waals surface area contributed by atoms with Crippen molar-refractivity contribution in [3.63, 3.8) is 0 Å². The Morgan fingerprint density at radius 3 is 2.73 bits per heavy atom. The SMILES string of the molecule is CC(=O)CC(=O)OCC1=C(C(=O)O)N2C(=O)[C@@H](NC(=O)C(NC=O)c3csc(N)n3)[C@H]2SC1. The Morgan fingerprint density at radius 1 is 1.42 bits per heavy atom. The summed E-state index contributed by atoms with van der Waals surface area (Å²) in [4.78, 5) is 75.8. The van der Waals surface area contributed by atoms with Gasteiger partial charge in [-0.1, -0.05) is 0 Å². The number of β-lactam (4-membered cyclic amide) rings is 1. The summed E-state index contributed by atoms with van der Waals surface area (Å²) in [5.74, 6) is -3.86. The van der Waals surface area contributed by atoms with Crippen molar-refractivity contribution in [2.75, 3.05) is 18.1 Å². The van der Waals surface area contributed by atoms with Crippen LogP contribution < -0.4 is 16.4 Å². The number of nitrogen functional groups attached to an aromatic ring is 1. The first-order valence-electron chi connectivity index (χ1n) is 9.40. The van der Waals surface area contributed by atoms with Gasteiger partial charge in [0.05, 0.1) is 5.69 Å². The molecule has 176 valence electrons. The number of ketones is 1. The fraction of sp³-hybridized carbons (Fsp3) is 0.389. The van der Waals surface area contributed by atoms with Gasteiger partial charge in [0, 0.05) is 16.7 Å². The van der Waals surface area contributed by atoms with Crippen LogP contribution in [-0.2, 0) is 33.5 Å². The van der Waals surface area contributed by atoms with Gasteiger partial charge in [0.25, 0.3) is 5.91 Å². The normalized spacial score (nSPS) is 20.3. The average molecular weight is 498 g/mol. The zero-order valence-electron chi connectivity index (χ0n) is 17.1. The molecule has 3 rings (SSSR count). The molecular weight excluding hydrogens is 478 g/mol. The number of carboxylic acid groups (broad SMARTS) is 1. The molecule has 0 radical (unpaired) electrons. The number of rotatable bonds is 10. The number of hydrogen-bond acceptors (Lipinski definition) is 11. The first-order valence-corrected chi connectivity index (χ1v) is 11.3. The lowest BCUT2D eigenvalue weighted by molar-refractivity contribution is -0.151. The Bertz CT molecular complexity index is 1050. The molecule has 0 aromatic carbocycles. The van der Waals surface area contributed by atoms with Crippen molar-refractivity contribution in [1.29, 1.82) is 0 Å². The van der Waals surface area contributed by atoms with Crippen LogP contribution in [0.1, 0.15) is 25.1 Å². The number of thioether (sulfide) groups is 1. The fourth-order valence-corrected chi connectivity index (χ4v) is 5.17. The minimum atomic E-state index is -1.39. The number of esters is 1. The Kier molecular flexibility index (Phi) is 7.33. The maximum absolute atomic E-state index is 12.7. The van der Waals surface area contributed by atoms with E-state index in [1.54, 1.807) is 0 Å². The molecule has 3 amide bonds. The van der Waals surface area contributed by atoms with Crippen LogP contribution in [0.3, 0.4) is 0 Å². The van der Waals surface area contributed by atoms with Crippen molar-refractivity contribution in [1.82, 2.24) is 20.5 Å². The zero-order chi connectivity index (χ0) is 24.3. The maximum atomic E-state index is 12.7. The molecule has 0 aliphatic carbocycles. The first-order chi connectivity index (χ1) is 15.6. The van der Waals surface area contributed by atoms with Crippen molar-refractivity contribution >= 4 is 64.2 Å². The molecular formula is C18H19N5O8S2. The van der Waals surface area contributed by atoms with Gasteiger partial charge in [-0.3, -0.25) is 28.9 Å². The number of anilines is 1. The van der Waals surface area contributed by atoms with Gasteiger partial charge in [-0.2, -0.15) is 0 Å². The molecule has 3 heterocycles. The van der Waals surface area contributed by atoms with Crippen LogP contribution in [0.2, 0.25) is 0 Å². The molecule has 0 bridgehead atoms. The first kappa shape index (κ1) is 24.2. The lowest BCUT2D eigenvalue weighted by Crippen LogP contribution is -2.71. The average Bonchev–Trinajstić information content (AvgIpc) is 3.18. The summed E-state index contributed by atoms with van der Waals surface area (Å²) < 4.78 is 4.96. The second-order valence-corrected chi connectivity index (χ2v) is 9.02. The van der Waals surface area contributed by atoms with E-state index in [1.807, 2.05) is 0 Å². The van der Waals surface area contributed by atoms with Crippen LogP contribution in [0, 0.1) is 0 Å². The monoisotopic (exact) mass is 497 g/mol. The van der Waals surface area contributed by atoms with Crippen molar-refractivity contribution in [2.24, 2.45) is 0 Å². The largest absolute Gasteiger partial charge is 0.477 e. The second kappa shape index (κ2) is 9.99. The van der Waals surface area contributed by atoms with Crippen LogP contribution in [0.25, 0.3) is 0 Å². The van der Waals surface area contributed by atoms with Gasteiger partial charge in [0.2, 0.25) is 12.3 Å². The number of ether oxygens (including phenoxy) is 1. The number of aromatic nitrogens is 1. The number of amides is 3. The van der Waals surface area contributed by atoms with E-state index in [2.05, 4.69) is 15.6 Å². The summed E-state index contributed by atoms with van der Waals surface area (Å²) >= 11 is 2.25. The van der Waals surface area contributed by atoms with Crippen molar-refractivity contribution in [2.45, 2.75) is 30.8 Å². The van der Waals surface area contributed by atoms with Crippen LogP contribution in [-0.4, -0.2) is 74.7 Å². The van der Waals surface area contributed by atoms with Gasteiger partial charge in [0.15, 0.2) is 11.2 Å². The third-order valence-corrected chi connectivity index (χ3v) is 6.71. The number of nitrogens with zero attached hydrogens (tertiary/aromatic N) is 2. The summed E-state index contributed by atoms with van der Waals surface area (Å²) in [6.45, 7) is 0.834. The highest BCUT2D eigenvalue weighted by molar-refractivity contribution is 8.00. The number of thiazole rings is 1. The molecule has 1 aromatic heterocycles. The molecule has 15 heteroatoms. The number of fused-ring (bicyclic) bond motifs is 1. The Hall–Kier alpha value is -3.46. The summed E-state index contributed by atoms with van der Waals surface area (Å²) in [5.41, 5.74) is 5.63. The third-order valence-electron chi connectivity index (χ3n) is 4.68. The van der Waals surface area contributed by atoms with E-state index in [-0.39, 0.29) is 34.5 Å². The molecule has 33 heavy (non-hydrogen) atoms. The van der Waals surface area contributed by atoms with Crippen LogP contribution in [0.4, 0.5) is 5.13 Å². The standard InChI is InChI=1S/C18H19N5O8S2/c1-7(25)2-10(26)31-3-8-4-32-16-12(15(28)23(16)13(8)17(29)30)22-14(27)11(20-6-24)9-5-33-18(19)21-9/h5-6,11-12,16H,2-4H2,1H3,(H2,19,21)(H,20,24)(H,22,27)(H,29,30)/t11?,12-,16-/m1/s1. The van der Waals surface area contributed by atoms with Gasteiger partial charge in [0.1, 0.15) is 35.9 Å². The summed E-state index contributed by atoms with van der Waals surface area (Å²) in [6, 6.07) is -2.22. The zero-order valence-corrected chi connectivity index (χ0v) is 18.7. The maximum Gasteiger partial charge on any atom is 0.352 e. The third kappa shape index (κ3) is 5.14. The molecule has 1 fully saturated rings. The van der Waals surface area contributed by atoms with E-state index in [1.165, 1.54) is 24.1 Å². The molecule has 1 aromatic rings. The van der Waals surface area contributed by atoms with Gasteiger partial charge in [-0.15, -0.1) is 23.1 Å². The molecule has 0 spiro atoms. The smallest absolute Gasteiger partial charge is 0.352 e. The minimum absolute atomic E-state index is 0.119. The van der Waals surface area contributed by atoms with Gasteiger partial charge in [-0.05, 0) is 6.92 Å². The van der Waals surface area contributed by atoms with E-state index in [0.29, 0.717) is 6.41 Å². The Labute approximate surface area is 194 Å². The van der Waals surface area contributed by atoms with Gasteiger partial charge in [-0.25, -0.2) is 9.78 Å². The molecule has 2 aliphatic heterocycles. The Morgan fingerprint density at radius 2 is 2.15 bits per heavy atom. The lowest BCUT2D eigenvalue weighted by Gasteiger charge is -2.49. The van der Waals surface area contributed by atoms with Gasteiger partial charge < -0.3 is 26.2 Å². The van der Waals surface area contributed by atoms with E-state index >= 15 is 0 Å². The second-order valence-electron chi connectivity index (χ2n) is 7.02. The van der Waals surface area contributed by atoms with E-state index in [9.17, 15) is 33.9 Å². The molecule has 2 aliphatic rings. The number of hydrogen-bond donors (Lipinski definition) is 4. The highest BCUT2D eigenvalue weighted by Gasteiger charge is 2.54. The number of carbonyl (C=O) groups excluding carboxylic acids is 5. The number of carboxylic acids is 1. The molecule has 3 atom stereocenters. The van der Waals surface area contributed by atoms with E-state index in [4.69, 9.17) is 10.5 Å². The van der Waals surface area contributed by atoms with Crippen molar-refractivity contribution in [3.8, 4) is 0 Å². The van der Waals surface area contributed by atoms with E-state index < -0.39 is 53.4 Å². The lowest BCUT2D eigenvalue weighted by atomic mass is 10.0. The quantitative estimate of drug-likeness (QED) is 0.131. The van der Waals surface area contributed by atoms with Crippen LogP contribution >= 0.6 is 23.1 Å². The minimum Gasteiger partial charge on any atom is -0.477 e. The fourth-order valence-electron chi connectivity index (χ4n) is 3.25. The van der Waals surface area contributed by atoms with Crippen LogP contribution in [0.15, 0.2) is 16.7 Å². The van der Waals surface area contributed by atoms with E-state index in [0.717, 1.165) is 16.2 Å². The van der Waals surface area contributed by atoms with Crippen molar-refractivity contribution < 1.29 is 38.6 Å². The molecule has 1 unspecified atom stereocenters. The summed E-state index contributed by atoms with van der Waals surface area (Å²) in [5, 5.41) is 15.4. The topological polar surface area (TPSA) is 198 Å². The number of nitrogens with two attached hydrogens (primary N) is 1. The number of aliphatic carboxylic acids is 1. The number of Topliss-reactive ketones (excluding diaryl/α,β-unsaturated/α-hetero) is 1. The van der Waals surface area contributed by atoms with Crippen molar-refractivity contribution in [3.05, 3.63) is 22.3 Å². The molecule has 5 N–H and O–H groups in total. The molecule has 13 nitrogen and oxygen atoms in total. The molecule has 0 saturated carbocycles. The highest BCUT2D eigenvalue weighted by Crippen LogP contribution is 2.40. The van der Waals surface area contributed by atoms with Crippen LogP contribution in [0.5, 0.6) is 0 Å². The number of carbonyl (C=O) groups is 6. The summed E-state index contributed by atoms with van der Waals surface area (Å²) in [6.07, 6.45) is -0.127. The molecule has 1 saturated heterocycles. The predicted octanol–water partition coefficient (Wildman–Crippen LogP) is -1.23. The summed E-state index contributed by atoms with van der Waals surface area (Å²) in [7, 11) is 0. The van der Waals surface area contributed by atoms with Gasteiger partial charge >= 0.3 is 11.9 Å². The number of nitrogens with one attached hydrogen (secondary N) is 2. The predicted molar refractivity (Wildman–Crippen MR) is 114 cm³/mol.